The zero-order chi connectivity index (χ0) is 32.8. The van der Waals surface area contributed by atoms with Crippen molar-refractivity contribution in [3.05, 3.63) is 0 Å². The van der Waals surface area contributed by atoms with Crippen LogP contribution in [0.3, 0.4) is 0 Å². The molecule has 0 aromatic carbocycles. The van der Waals surface area contributed by atoms with E-state index >= 15 is 0 Å². The Morgan fingerprint density at radius 2 is 0.370 bits per heavy atom. The number of unbranched alkanes of at least 4 members (excludes halogenated alkanes) is 33. The SMILES string of the molecule is CCCCCCCCCCCCCC[N+](CC)(CCCCCCCCCCCCCC)CCCCCCCCCCCCCC.[Br-]. The molecule has 0 radical (unpaired) electrons. The van der Waals surface area contributed by atoms with Gasteiger partial charge in [0.15, 0.2) is 0 Å². The lowest BCUT2D eigenvalue weighted by Gasteiger charge is -2.38. The molecule has 0 aromatic rings. The van der Waals surface area contributed by atoms with E-state index in [2.05, 4.69) is 27.7 Å². The first-order chi connectivity index (χ1) is 22.2. The third-order valence-electron chi connectivity index (χ3n) is 11.1. The van der Waals surface area contributed by atoms with Crippen LogP contribution in [0.2, 0.25) is 0 Å². The van der Waals surface area contributed by atoms with Crippen LogP contribution in [0.1, 0.15) is 259 Å². The summed E-state index contributed by atoms with van der Waals surface area (Å²) in [5.74, 6) is 0. The predicted octanol–water partition coefficient (Wildman–Crippen LogP) is 12.9. The summed E-state index contributed by atoms with van der Waals surface area (Å²) in [6.45, 7) is 15.2. The number of hydrogen-bond donors (Lipinski definition) is 0. The summed E-state index contributed by atoms with van der Waals surface area (Å²) >= 11 is 0. The standard InChI is InChI=1S/C44H92N.BrH/c1-5-9-12-15-18-21-24-27-30-33-36-39-42-45(8-4,43-40-37-34-31-28-25-22-19-16-13-10-6-2)44-41-38-35-32-29-26-23-20-17-14-11-7-3;/h5-44H2,1-4H3;1H/q+1;/p-1. The van der Waals surface area contributed by atoms with Crippen molar-refractivity contribution in [2.24, 2.45) is 0 Å². The molecule has 0 heterocycles. The molecule has 0 saturated carbocycles. The van der Waals surface area contributed by atoms with Crippen LogP contribution in [-0.2, 0) is 0 Å². The highest BCUT2D eigenvalue weighted by molar-refractivity contribution is 4.55. The van der Waals surface area contributed by atoms with Gasteiger partial charge < -0.3 is 21.5 Å². The average Bonchev–Trinajstić information content (AvgIpc) is 3.05. The van der Waals surface area contributed by atoms with E-state index in [0.29, 0.717) is 0 Å². The van der Waals surface area contributed by atoms with Crippen LogP contribution >= 0.6 is 0 Å². The molecule has 0 aliphatic rings. The van der Waals surface area contributed by atoms with E-state index in [4.69, 9.17) is 0 Å². The molecule has 0 unspecified atom stereocenters. The lowest BCUT2D eigenvalue weighted by molar-refractivity contribution is -0.927. The third kappa shape index (κ3) is 35.7. The molecule has 0 amide bonds. The number of halogens is 1. The molecule has 280 valence electrons. The fourth-order valence-electron chi connectivity index (χ4n) is 7.67. The van der Waals surface area contributed by atoms with Crippen molar-refractivity contribution in [2.45, 2.75) is 259 Å². The van der Waals surface area contributed by atoms with E-state index in [1.165, 1.54) is 262 Å². The summed E-state index contributed by atoms with van der Waals surface area (Å²) in [6, 6.07) is 0. The monoisotopic (exact) mass is 714 g/mol. The van der Waals surface area contributed by atoms with Crippen LogP contribution in [-0.4, -0.2) is 30.7 Å². The molecular formula is C44H92BrN. The topological polar surface area (TPSA) is 0 Å². The van der Waals surface area contributed by atoms with Gasteiger partial charge in [-0.25, -0.2) is 0 Å². The molecule has 0 fully saturated rings. The minimum Gasteiger partial charge on any atom is -1.00 e. The lowest BCUT2D eigenvalue weighted by atomic mass is 10.0. The Morgan fingerprint density at radius 1 is 0.217 bits per heavy atom. The van der Waals surface area contributed by atoms with E-state index in [-0.39, 0.29) is 17.0 Å². The Balaban J connectivity index is 0. The third-order valence-corrected chi connectivity index (χ3v) is 11.1. The van der Waals surface area contributed by atoms with Gasteiger partial charge in [-0.05, 0) is 45.4 Å². The summed E-state index contributed by atoms with van der Waals surface area (Å²) in [7, 11) is 0. The molecule has 0 saturated heterocycles. The molecule has 0 atom stereocenters. The van der Waals surface area contributed by atoms with Gasteiger partial charge in [0.05, 0.1) is 26.2 Å². The Hall–Kier alpha value is 0.440. The fraction of sp³-hybridized carbons (Fsp3) is 1.00. The van der Waals surface area contributed by atoms with Gasteiger partial charge in [-0.3, -0.25) is 0 Å². The largest absolute Gasteiger partial charge is 1.00 e. The molecular weight excluding hydrogens is 622 g/mol. The van der Waals surface area contributed by atoms with Crippen LogP contribution in [0.25, 0.3) is 0 Å². The molecule has 0 N–H and O–H groups in total. The van der Waals surface area contributed by atoms with Crippen molar-refractivity contribution < 1.29 is 21.5 Å². The van der Waals surface area contributed by atoms with Gasteiger partial charge in [0.1, 0.15) is 0 Å². The molecule has 1 nitrogen and oxygen atoms in total. The smallest absolute Gasteiger partial charge is 0.0786 e. The van der Waals surface area contributed by atoms with Crippen LogP contribution in [0, 0.1) is 0 Å². The molecule has 0 spiro atoms. The second kappa shape index (κ2) is 41.6. The normalized spacial score (nSPS) is 11.7. The Morgan fingerprint density at radius 3 is 0.522 bits per heavy atom. The van der Waals surface area contributed by atoms with E-state index in [9.17, 15) is 0 Å². The first-order valence-electron chi connectivity index (χ1n) is 22.1. The number of nitrogens with zero attached hydrogens (tertiary/aromatic N) is 1. The molecule has 0 rings (SSSR count). The van der Waals surface area contributed by atoms with Crippen molar-refractivity contribution in [3.63, 3.8) is 0 Å². The van der Waals surface area contributed by atoms with E-state index in [1.54, 1.807) is 0 Å². The first-order valence-corrected chi connectivity index (χ1v) is 22.1. The van der Waals surface area contributed by atoms with Gasteiger partial charge in [-0.2, -0.15) is 0 Å². The van der Waals surface area contributed by atoms with Crippen LogP contribution < -0.4 is 17.0 Å². The van der Waals surface area contributed by atoms with E-state index < -0.39 is 0 Å². The Bertz CT molecular complexity index is 451. The zero-order valence-corrected chi connectivity index (χ0v) is 34.7. The number of rotatable bonds is 40. The van der Waals surface area contributed by atoms with Crippen molar-refractivity contribution in [2.75, 3.05) is 26.2 Å². The quantitative estimate of drug-likeness (QED) is 0.0438. The van der Waals surface area contributed by atoms with Crippen LogP contribution in [0.5, 0.6) is 0 Å². The molecule has 0 aromatic heterocycles. The van der Waals surface area contributed by atoms with Gasteiger partial charge in [-0.1, -0.05) is 213 Å². The summed E-state index contributed by atoms with van der Waals surface area (Å²) in [6.07, 6.45) is 52.8. The van der Waals surface area contributed by atoms with Crippen LogP contribution in [0.4, 0.5) is 0 Å². The van der Waals surface area contributed by atoms with Gasteiger partial charge in [0.2, 0.25) is 0 Å². The summed E-state index contributed by atoms with van der Waals surface area (Å²) < 4.78 is 1.44. The molecule has 0 aliphatic heterocycles. The second-order valence-corrected chi connectivity index (χ2v) is 15.5. The van der Waals surface area contributed by atoms with E-state index in [0.717, 1.165) is 0 Å². The molecule has 2 heteroatoms. The van der Waals surface area contributed by atoms with Gasteiger partial charge in [-0.15, -0.1) is 0 Å². The molecule has 0 bridgehead atoms. The van der Waals surface area contributed by atoms with Crippen LogP contribution in [0.15, 0.2) is 0 Å². The molecule has 46 heavy (non-hydrogen) atoms. The number of quaternary nitrogens is 1. The summed E-state index contributed by atoms with van der Waals surface area (Å²) in [5, 5.41) is 0. The van der Waals surface area contributed by atoms with Gasteiger partial charge in [0.25, 0.3) is 0 Å². The first kappa shape index (κ1) is 48.6. The van der Waals surface area contributed by atoms with E-state index in [1.807, 2.05) is 0 Å². The van der Waals surface area contributed by atoms with Crippen molar-refractivity contribution in [1.29, 1.82) is 0 Å². The maximum atomic E-state index is 2.52. The Labute approximate surface area is 305 Å². The predicted molar refractivity (Wildman–Crippen MR) is 209 cm³/mol. The van der Waals surface area contributed by atoms with Crippen molar-refractivity contribution in [3.8, 4) is 0 Å². The minimum absolute atomic E-state index is 0. The maximum Gasteiger partial charge on any atom is 0.0786 e. The zero-order valence-electron chi connectivity index (χ0n) is 33.1. The van der Waals surface area contributed by atoms with Crippen molar-refractivity contribution >= 4 is 0 Å². The highest BCUT2D eigenvalue weighted by Gasteiger charge is 2.23. The minimum atomic E-state index is 0. The summed E-state index contributed by atoms with van der Waals surface area (Å²) in [4.78, 5) is 0. The van der Waals surface area contributed by atoms with Gasteiger partial charge >= 0.3 is 0 Å². The average molecular weight is 715 g/mol. The fourth-order valence-corrected chi connectivity index (χ4v) is 7.67. The highest BCUT2D eigenvalue weighted by atomic mass is 79.9. The van der Waals surface area contributed by atoms with Gasteiger partial charge in [0, 0.05) is 0 Å². The summed E-state index contributed by atoms with van der Waals surface area (Å²) in [5.41, 5.74) is 0. The highest BCUT2D eigenvalue weighted by Crippen LogP contribution is 2.20. The Kier molecular flexibility index (Phi) is 43.9. The van der Waals surface area contributed by atoms with Crippen molar-refractivity contribution in [1.82, 2.24) is 0 Å². The lowest BCUT2D eigenvalue weighted by Crippen LogP contribution is -3.00. The second-order valence-electron chi connectivity index (χ2n) is 15.5. The number of hydrogen-bond acceptors (Lipinski definition) is 0. The maximum absolute atomic E-state index is 2.52. The molecule has 0 aliphatic carbocycles.